The summed E-state index contributed by atoms with van der Waals surface area (Å²) < 4.78 is 23.3. The molecule has 0 aliphatic carbocycles. The van der Waals surface area contributed by atoms with Gasteiger partial charge >= 0.3 is 0 Å². The van der Waals surface area contributed by atoms with E-state index in [1.165, 1.54) is 26.4 Å². The molecule has 0 aliphatic rings. The average molecular weight is 330 g/mol. The van der Waals surface area contributed by atoms with Gasteiger partial charge in [0.1, 0.15) is 5.82 Å². The zero-order valence-electron chi connectivity index (χ0n) is 13.8. The van der Waals surface area contributed by atoms with E-state index in [9.17, 15) is 9.18 Å². The minimum Gasteiger partial charge on any atom is -0.493 e. The summed E-state index contributed by atoms with van der Waals surface area (Å²) in [7, 11) is 3.03. The first-order chi connectivity index (χ1) is 11.6. The van der Waals surface area contributed by atoms with Gasteiger partial charge in [-0.3, -0.25) is 4.79 Å². The monoisotopic (exact) mass is 330 g/mol. The van der Waals surface area contributed by atoms with E-state index in [4.69, 9.17) is 9.47 Å². The number of amides is 1. The van der Waals surface area contributed by atoms with Crippen LogP contribution in [0.1, 0.15) is 29.3 Å². The van der Waals surface area contributed by atoms with Gasteiger partial charge in [0.25, 0.3) is 5.91 Å². The number of hydrogen-bond acceptors (Lipinski definition) is 4. The van der Waals surface area contributed by atoms with Gasteiger partial charge < -0.3 is 9.47 Å². The fourth-order valence-electron chi connectivity index (χ4n) is 2.15. The lowest BCUT2D eigenvalue weighted by atomic mass is 10.1. The van der Waals surface area contributed by atoms with Crippen LogP contribution in [0.4, 0.5) is 4.39 Å². The van der Waals surface area contributed by atoms with Crippen molar-refractivity contribution >= 4 is 11.6 Å². The molecule has 2 rings (SSSR count). The predicted octanol–water partition coefficient (Wildman–Crippen LogP) is 3.39. The molecule has 0 saturated carbocycles. The number of hydrazone groups is 1. The van der Waals surface area contributed by atoms with Crippen molar-refractivity contribution in [1.29, 1.82) is 0 Å². The summed E-state index contributed by atoms with van der Waals surface area (Å²) in [6, 6.07) is 10.8. The molecule has 24 heavy (non-hydrogen) atoms. The van der Waals surface area contributed by atoms with Crippen molar-refractivity contribution in [2.24, 2.45) is 5.10 Å². The number of methoxy groups -OCH3 is 2. The molecule has 2 aromatic carbocycles. The highest BCUT2D eigenvalue weighted by molar-refractivity contribution is 6.02. The summed E-state index contributed by atoms with van der Waals surface area (Å²) >= 11 is 0. The topological polar surface area (TPSA) is 59.9 Å². The molecule has 0 saturated heterocycles. The number of carbonyl (C=O) groups is 1. The Bertz CT molecular complexity index is 742. The fraction of sp³-hybridized carbons (Fsp3) is 0.222. The number of hydrogen-bond donors (Lipinski definition) is 1. The van der Waals surface area contributed by atoms with Crippen LogP contribution in [0.3, 0.4) is 0 Å². The third-order valence-corrected chi connectivity index (χ3v) is 3.45. The van der Waals surface area contributed by atoms with Crippen molar-refractivity contribution in [2.45, 2.75) is 13.3 Å². The number of nitrogens with zero attached hydrogens (tertiary/aromatic N) is 1. The Morgan fingerprint density at radius 1 is 1.04 bits per heavy atom. The van der Waals surface area contributed by atoms with Crippen molar-refractivity contribution in [2.75, 3.05) is 14.2 Å². The first-order valence-corrected chi connectivity index (χ1v) is 7.44. The Labute approximate surface area is 140 Å². The lowest BCUT2D eigenvalue weighted by molar-refractivity contribution is 0.0954. The van der Waals surface area contributed by atoms with Crippen LogP contribution in [0, 0.1) is 5.82 Å². The second kappa shape index (κ2) is 8.10. The number of ether oxygens (including phenoxy) is 2. The fourth-order valence-corrected chi connectivity index (χ4v) is 2.15. The molecular formula is C18H19FN2O3. The number of benzene rings is 2. The molecule has 1 amide bonds. The molecule has 0 aliphatic heterocycles. The molecule has 0 spiro atoms. The summed E-state index contributed by atoms with van der Waals surface area (Å²) in [5.41, 5.74) is 4.32. The normalized spacial score (nSPS) is 11.1. The molecule has 0 fully saturated rings. The molecule has 126 valence electrons. The summed E-state index contributed by atoms with van der Waals surface area (Å²) in [4.78, 5) is 12.2. The third-order valence-electron chi connectivity index (χ3n) is 3.45. The molecular weight excluding hydrogens is 311 g/mol. The molecule has 5 nitrogen and oxygen atoms in total. The van der Waals surface area contributed by atoms with Crippen LogP contribution in [-0.4, -0.2) is 25.8 Å². The van der Waals surface area contributed by atoms with Crippen LogP contribution >= 0.6 is 0 Å². The molecule has 0 atom stereocenters. The molecule has 0 unspecified atom stereocenters. The Balaban J connectivity index is 2.17. The highest BCUT2D eigenvalue weighted by Gasteiger charge is 2.11. The van der Waals surface area contributed by atoms with E-state index in [1.807, 2.05) is 6.92 Å². The molecule has 0 radical (unpaired) electrons. The van der Waals surface area contributed by atoms with E-state index in [1.54, 1.807) is 30.3 Å². The number of carbonyl (C=O) groups excluding carboxylic acids is 1. The molecule has 0 aromatic heterocycles. The van der Waals surface area contributed by atoms with Gasteiger partial charge in [0.15, 0.2) is 11.5 Å². The van der Waals surface area contributed by atoms with Crippen molar-refractivity contribution in [3.8, 4) is 11.5 Å². The zero-order valence-corrected chi connectivity index (χ0v) is 13.8. The van der Waals surface area contributed by atoms with Gasteiger partial charge in [0.05, 0.1) is 19.9 Å². The lowest BCUT2D eigenvalue weighted by Gasteiger charge is -2.09. The van der Waals surface area contributed by atoms with E-state index in [2.05, 4.69) is 10.5 Å². The summed E-state index contributed by atoms with van der Waals surface area (Å²) in [5.74, 6) is 0.314. The van der Waals surface area contributed by atoms with E-state index in [0.29, 0.717) is 29.2 Å². The maximum absolute atomic E-state index is 13.0. The molecule has 2 aromatic rings. The van der Waals surface area contributed by atoms with Crippen LogP contribution in [0.5, 0.6) is 11.5 Å². The van der Waals surface area contributed by atoms with E-state index in [-0.39, 0.29) is 11.7 Å². The zero-order chi connectivity index (χ0) is 17.5. The maximum Gasteiger partial charge on any atom is 0.271 e. The first kappa shape index (κ1) is 17.5. The standard InChI is InChI=1S/C18H19FN2O3/c1-4-15(12-5-8-14(19)9-6-12)20-21-18(22)13-7-10-16(23-2)17(11-13)24-3/h5-11H,4H2,1-3H3,(H,21,22)/b20-15-. The van der Waals surface area contributed by atoms with Crippen LogP contribution < -0.4 is 14.9 Å². The second-order valence-corrected chi connectivity index (χ2v) is 4.93. The lowest BCUT2D eigenvalue weighted by Crippen LogP contribution is -2.20. The van der Waals surface area contributed by atoms with Crippen molar-refractivity contribution in [3.05, 3.63) is 59.4 Å². The van der Waals surface area contributed by atoms with Crippen molar-refractivity contribution in [3.63, 3.8) is 0 Å². The summed E-state index contributed by atoms with van der Waals surface area (Å²) in [6.07, 6.45) is 0.595. The third kappa shape index (κ3) is 4.10. The Morgan fingerprint density at radius 2 is 1.67 bits per heavy atom. The Hall–Kier alpha value is -2.89. The quantitative estimate of drug-likeness (QED) is 0.652. The van der Waals surface area contributed by atoms with E-state index in [0.717, 1.165) is 5.56 Å². The Kier molecular flexibility index (Phi) is 5.89. The van der Waals surface area contributed by atoms with E-state index < -0.39 is 0 Å². The van der Waals surface area contributed by atoms with Crippen LogP contribution in [0.15, 0.2) is 47.6 Å². The maximum atomic E-state index is 13.0. The Morgan fingerprint density at radius 3 is 2.25 bits per heavy atom. The van der Waals surface area contributed by atoms with Gasteiger partial charge in [-0.25, -0.2) is 9.82 Å². The molecule has 0 bridgehead atoms. The number of halogens is 1. The SMILES string of the molecule is CC/C(=N/NC(=O)c1ccc(OC)c(OC)c1)c1ccc(F)cc1. The van der Waals surface area contributed by atoms with Gasteiger partial charge in [-0.05, 0) is 42.3 Å². The minimum atomic E-state index is -0.371. The predicted molar refractivity (Wildman–Crippen MR) is 90.2 cm³/mol. The summed E-state index contributed by atoms with van der Waals surface area (Å²) in [5, 5.41) is 4.14. The summed E-state index contributed by atoms with van der Waals surface area (Å²) in [6.45, 7) is 1.91. The number of rotatable bonds is 6. The van der Waals surface area contributed by atoms with Crippen LogP contribution in [0.2, 0.25) is 0 Å². The van der Waals surface area contributed by atoms with Gasteiger partial charge in [0.2, 0.25) is 0 Å². The van der Waals surface area contributed by atoms with Gasteiger partial charge in [-0.15, -0.1) is 0 Å². The smallest absolute Gasteiger partial charge is 0.271 e. The van der Waals surface area contributed by atoms with Gasteiger partial charge in [0, 0.05) is 5.56 Å². The van der Waals surface area contributed by atoms with Gasteiger partial charge in [-0.1, -0.05) is 19.1 Å². The van der Waals surface area contributed by atoms with Crippen molar-refractivity contribution < 1.29 is 18.7 Å². The van der Waals surface area contributed by atoms with Crippen molar-refractivity contribution in [1.82, 2.24) is 5.43 Å². The van der Waals surface area contributed by atoms with Gasteiger partial charge in [-0.2, -0.15) is 5.10 Å². The first-order valence-electron chi connectivity index (χ1n) is 7.44. The highest BCUT2D eigenvalue weighted by atomic mass is 19.1. The van der Waals surface area contributed by atoms with Crippen LogP contribution in [-0.2, 0) is 0 Å². The molecule has 6 heteroatoms. The average Bonchev–Trinajstić information content (AvgIpc) is 2.62. The molecule has 1 N–H and O–H groups in total. The molecule has 0 heterocycles. The highest BCUT2D eigenvalue weighted by Crippen LogP contribution is 2.27. The second-order valence-electron chi connectivity index (χ2n) is 4.93. The minimum absolute atomic E-state index is 0.316. The van der Waals surface area contributed by atoms with Crippen LogP contribution in [0.25, 0.3) is 0 Å². The van der Waals surface area contributed by atoms with E-state index >= 15 is 0 Å². The largest absolute Gasteiger partial charge is 0.493 e. The number of nitrogens with one attached hydrogen (secondary N) is 1.